The first-order chi connectivity index (χ1) is 14.0. The Morgan fingerprint density at radius 1 is 1.00 bits per heavy atom. The Labute approximate surface area is 189 Å². The summed E-state index contributed by atoms with van der Waals surface area (Å²) in [5.41, 5.74) is 2.27. The van der Waals surface area contributed by atoms with E-state index in [2.05, 4.69) is 22.3 Å². The van der Waals surface area contributed by atoms with Gasteiger partial charge in [-0.15, -0.1) is 0 Å². The summed E-state index contributed by atoms with van der Waals surface area (Å²) in [7, 11) is 0. The van der Waals surface area contributed by atoms with Crippen LogP contribution in [0, 0.1) is 0 Å². The smallest absolute Gasteiger partial charge is 0.174 e. The largest absolute Gasteiger partial charge is 0.358 e. The van der Waals surface area contributed by atoms with Crippen LogP contribution in [0.5, 0.6) is 0 Å². The Balaban J connectivity index is 2.02. The molecule has 0 amide bonds. The van der Waals surface area contributed by atoms with Crippen LogP contribution in [0.4, 0.5) is 0 Å². The molecule has 2 aromatic carbocycles. The fraction of sp³-hybridized carbons (Fsp3) is 0.409. The van der Waals surface area contributed by atoms with Gasteiger partial charge in [0.05, 0.1) is 16.6 Å². The van der Waals surface area contributed by atoms with Gasteiger partial charge >= 0.3 is 0 Å². The minimum absolute atomic E-state index is 0.328. The molecule has 0 spiro atoms. The summed E-state index contributed by atoms with van der Waals surface area (Å²) in [6.07, 6.45) is 0.547. The lowest BCUT2D eigenvalue weighted by Crippen LogP contribution is -2.45. The minimum atomic E-state index is -0.328. The van der Waals surface area contributed by atoms with Gasteiger partial charge in [-0.2, -0.15) is 0 Å². The van der Waals surface area contributed by atoms with Crippen molar-refractivity contribution < 1.29 is 9.47 Å². The molecule has 0 radical (unpaired) electrons. The van der Waals surface area contributed by atoms with Gasteiger partial charge in [-0.3, -0.25) is 0 Å². The van der Waals surface area contributed by atoms with Crippen LogP contribution in [0.15, 0.2) is 48.5 Å². The molecule has 0 aromatic heterocycles. The Morgan fingerprint density at radius 3 is 2.31 bits per heavy atom. The highest BCUT2D eigenvalue weighted by atomic mass is 35.5. The molecule has 0 saturated heterocycles. The Hall–Kier alpha value is -1.37. The molecule has 2 rings (SSSR count). The molecule has 7 heteroatoms. The summed E-state index contributed by atoms with van der Waals surface area (Å²) >= 11 is 17.8. The quantitative estimate of drug-likeness (QED) is 0.367. The van der Waals surface area contributed by atoms with E-state index >= 15 is 0 Å². The van der Waals surface area contributed by atoms with Crippen LogP contribution in [-0.4, -0.2) is 42.6 Å². The van der Waals surface area contributed by atoms with Crippen molar-refractivity contribution in [2.75, 3.05) is 26.3 Å². The number of benzene rings is 2. The lowest BCUT2D eigenvalue weighted by Gasteiger charge is -2.30. The van der Waals surface area contributed by atoms with Crippen molar-refractivity contribution in [1.82, 2.24) is 10.2 Å². The maximum atomic E-state index is 6.11. The molecular weight excluding hydrogens is 427 g/mol. The standard InChI is InChI=1S/C22H28Cl2N2O2S/c1-3-27-21(28-4-2)16-26(13-12-17-8-6-5-7-9-17)22(29)25-15-18-10-11-19(23)20(24)14-18/h5-11,14,21H,3-4,12-13,15-16H2,1-2H3,(H,25,29). The summed E-state index contributed by atoms with van der Waals surface area (Å²) in [6.45, 7) is 6.96. The average molecular weight is 455 g/mol. The molecule has 0 saturated carbocycles. The number of halogens is 2. The lowest BCUT2D eigenvalue weighted by molar-refractivity contribution is -0.141. The molecule has 2 aromatic rings. The molecule has 0 unspecified atom stereocenters. The van der Waals surface area contributed by atoms with Gasteiger partial charge in [0.2, 0.25) is 0 Å². The average Bonchev–Trinajstić information content (AvgIpc) is 2.72. The first-order valence-corrected chi connectivity index (χ1v) is 10.9. The van der Waals surface area contributed by atoms with Crippen molar-refractivity contribution in [2.24, 2.45) is 0 Å². The number of rotatable bonds is 11. The van der Waals surface area contributed by atoms with Crippen molar-refractivity contribution in [2.45, 2.75) is 33.1 Å². The van der Waals surface area contributed by atoms with E-state index < -0.39 is 0 Å². The van der Waals surface area contributed by atoms with Crippen molar-refractivity contribution in [1.29, 1.82) is 0 Å². The molecule has 0 aliphatic heterocycles. The summed E-state index contributed by atoms with van der Waals surface area (Å²) < 4.78 is 11.4. The summed E-state index contributed by atoms with van der Waals surface area (Å²) in [4.78, 5) is 2.09. The number of nitrogens with zero attached hydrogens (tertiary/aromatic N) is 1. The molecule has 29 heavy (non-hydrogen) atoms. The molecule has 0 aliphatic rings. The zero-order valence-electron chi connectivity index (χ0n) is 16.9. The molecule has 4 nitrogen and oxygen atoms in total. The molecule has 0 aliphatic carbocycles. The van der Waals surface area contributed by atoms with E-state index in [0.29, 0.717) is 41.5 Å². The molecule has 0 fully saturated rings. The maximum absolute atomic E-state index is 6.11. The number of ether oxygens (including phenoxy) is 2. The van der Waals surface area contributed by atoms with Crippen molar-refractivity contribution in [3.05, 3.63) is 69.7 Å². The highest BCUT2D eigenvalue weighted by Crippen LogP contribution is 2.22. The number of hydrogen-bond acceptors (Lipinski definition) is 3. The fourth-order valence-corrected chi connectivity index (χ4v) is 3.39. The van der Waals surface area contributed by atoms with Gasteiger partial charge in [-0.25, -0.2) is 0 Å². The van der Waals surface area contributed by atoms with Gasteiger partial charge in [-0.1, -0.05) is 59.6 Å². The van der Waals surface area contributed by atoms with E-state index in [9.17, 15) is 0 Å². The van der Waals surface area contributed by atoms with E-state index in [1.807, 2.05) is 44.2 Å². The van der Waals surface area contributed by atoms with Crippen LogP contribution in [-0.2, 0) is 22.4 Å². The SMILES string of the molecule is CCOC(CN(CCc1ccccc1)C(=S)NCc1ccc(Cl)c(Cl)c1)OCC. The second-order valence-electron chi connectivity index (χ2n) is 6.43. The predicted octanol–water partition coefficient (Wildman–Crippen LogP) is 5.31. The third kappa shape index (κ3) is 8.49. The van der Waals surface area contributed by atoms with Crippen LogP contribution in [0.25, 0.3) is 0 Å². The Bertz CT molecular complexity index is 756. The lowest BCUT2D eigenvalue weighted by atomic mass is 10.1. The normalized spacial score (nSPS) is 10.9. The van der Waals surface area contributed by atoms with Crippen LogP contribution in [0.2, 0.25) is 10.0 Å². The van der Waals surface area contributed by atoms with Gasteiger partial charge in [0.1, 0.15) is 0 Å². The molecular formula is C22H28Cl2N2O2S. The zero-order valence-corrected chi connectivity index (χ0v) is 19.2. The van der Waals surface area contributed by atoms with Gasteiger partial charge in [0.15, 0.2) is 11.4 Å². The molecule has 158 valence electrons. The zero-order chi connectivity index (χ0) is 21.1. The fourth-order valence-electron chi connectivity index (χ4n) is 2.83. The van der Waals surface area contributed by atoms with Crippen molar-refractivity contribution >= 4 is 40.5 Å². The van der Waals surface area contributed by atoms with Crippen LogP contribution in [0.1, 0.15) is 25.0 Å². The molecule has 0 bridgehead atoms. The number of hydrogen-bond donors (Lipinski definition) is 1. The monoisotopic (exact) mass is 454 g/mol. The summed E-state index contributed by atoms with van der Waals surface area (Å²) in [5.74, 6) is 0. The van der Waals surface area contributed by atoms with E-state index in [4.69, 9.17) is 44.9 Å². The summed E-state index contributed by atoms with van der Waals surface area (Å²) in [6, 6.07) is 15.9. The van der Waals surface area contributed by atoms with Crippen LogP contribution >= 0.6 is 35.4 Å². The predicted molar refractivity (Wildman–Crippen MR) is 125 cm³/mol. The topological polar surface area (TPSA) is 33.7 Å². The third-order valence-electron chi connectivity index (χ3n) is 4.30. The van der Waals surface area contributed by atoms with Gasteiger partial charge in [0, 0.05) is 26.3 Å². The third-order valence-corrected chi connectivity index (χ3v) is 5.44. The first-order valence-electron chi connectivity index (χ1n) is 9.77. The Kier molecular flexibility index (Phi) is 10.7. The van der Waals surface area contributed by atoms with Gasteiger partial charge in [0.25, 0.3) is 0 Å². The molecule has 0 heterocycles. The minimum Gasteiger partial charge on any atom is -0.358 e. The van der Waals surface area contributed by atoms with Crippen molar-refractivity contribution in [3.63, 3.8) is 0 Å². The van der Waals surface area contributed by atoms with E-state index in [1.54, 1.807) is 6.07 Å². The molecule has 0 atom stereocenters. The second-order valence-corrected chi connectivity index (χ2v) is 7.63. The second kappa shape index (κ2) is 13.0. The van der Waals surface area contributed by atoms with Gasteiger partial charge in [-0.05, 0) is 55.7 Å². The maximum Gasteiger partial charge on any atom is 0.174 e. The van der Waals surface area contributed by atoms with E-state index in [0.717, 1.165) is 18.5 Å². The summed E-state index contributed by atoms with van der Waals surface area (Å²) in [5, 5.41) is 5.04. The van der Waals surface area contributed by atoms with Crippen LogP contribution < -0.4 is 5.32 Å². The van der Waals surface area contributed by atoms with Crippen LogP contribution in [0.3, 0.4) is 0 Å². The highest BCUT2D eigenvalue weighted by Gasteiger charge is 2.17. The number of thiocarbonyl (C=S) groups is 1. The highest BCUT2D eigenvalue weighted by molar-refractivity contribution is 7.80. The van der Waals surface area contributed by atoms with Gasteiger partial charge < -0.3 is 19.7 Å². The van der Waals surface area contributed by atoms with E-state index in [-0.39, 0.29) is 6.29 Å². The Morgan fingerprint density at radius 2 is 1.69 bits per heavy atom. The van der Waals surface area contributed by atoms with Crippen molar-refractivity contribution in [3.8, 4) is 0 Å². The molecule has 1 N–H and O–H groups in total. The van der Waals surface area contributed by atoms with E-state index in [1.165, 1.54) is 5.56 Å². The number of nitrogens with one attached hydrogen (secondary N) is 1. The first kappa shape index (κ1) is 23.9.